The Morgan fingerprint density at radius 2 is 2.00 bits per heavy atom. The maximum Gasteiger partial charge on any atom is 0.0593 e. The first-order valence-electron chi connectivity index (χ1n) is 7.39. The molecule has 1 aliphatic heterocycles. The third kappa shape index (κ3) is 4.30. The van der Waals surface area contributed by atoms with E-state index >= 15 is 0 Å². The first-order chi connectivity index (χ1) is 9.33. The van der Waals surface area contributed by atoms with Crippen LogP contribution in [0.15, 0.2) is 24.3 Å². The van der Waals surface area contributed by atoms with Gasteiger partial charge in [0.2, 0.25) is 0 Å². The van der Waals surface area contributed by atoms with Crippen LogP contribution in [0.5, 0.6) is 0 Å². The minimum absolute atomic E-state index is 0.406. The lowest BCUT2D eigenvalue weighted by molar-refractivity contribution is 0.139. The second-order valence-corrected chi connectivity index (χ2v) is 5.20. The van der Waals surface area contributed by atoms with Gasteiger partial charge in [-0.2, -0.15) is 0 Å². The molecule has 106 valence electrons. The summed E-state index contributed by atoms with van der Waals surface area (Å²) in [5, 5.41) is 3.44. The van der Waals surface area contributed by atoms with Crippen molar-refractivity contribution in [1.29, 1.82) is 0 Å². The van der Waals surface area contributed by atoms with Gasteiger partial charge in [-0.1, -0.05) is 31.2 Å². The van der Waals surface area contributed by atoms with Crippen molar-refractivity contribution in [3.05, 3.63) is 35.4 Å². The van der Waals surface area contributed by atoms with Crippen LogP contribution in [0.2, 0.25) is 0 Å². The van der Waals surface area contributed by atoms with Gasteiger partial charge < -0.3 is 10.1 Å². The highest BCUT2D eigenvalue weighted by atomic mass is 16.5. The molecule has 0 aliphatic carbocycles. The molecule has 1 aromatic rings. The van der Waals surface area contributed by atoms with Gasteiger partial charge in [0, 0.05) is 32.3 Å². The predicted octanol–water partition coefficient (Wildman–Crippen LogP) is 2.23. The van der Waals surface area contributed by atoms with E-state index in [1.54, 1.807) is 0 Å². The Balaban J connectivity index is 1.97. The highest BCUT2D eigenvalue weighted by Crippen LogP contribution is 2.16. The first kappa shape index (κ1) is 14.5. The molecule has 3 heteroatoms. The summed E-state index contributed by atoms with van der Waals surface area (Å²) in [4.78, 5) is 2.50. The zero-order valence-electron chi connectivity index (χ0n) is 12.2. The van der Waals surface area contributed by atoms with Gasteiger partial charge in [0.25, 0.3) is 0 Å². The van der Waals surface area contributed by atoms with Gasteiger partial charge in [-0.25, -0.2) is 0 Å². The van der Waals surface area contributed by atoms with E-state index in [0.717, 1.165) is 45.7 Å². The fraction of sp³-hybridized carbons (Fsp3) is 0.625. The van der Waals surface area contributed by atoms with Crippen molar-refractivity contribution in [2.24, 2.45) is 0 Å². The van der Waals surface area contributed by atoms with Gasteiger partial charge in [-0.3, -0.25) is 4.90 Å². The maximum absolute atomic E-state index is 5.51. The van der Waals surface area contributed by atoms with E-state index in [2.05, 4.69) is 41.4 Å². The highest BCUT2D eigenvalue weighted by molar-refractivity contribution is 5.25. The van der Waals surface area contributed by atoms with Crippen LogP contribution in [0.25, 0.3) is 0 Å². The molecule has 19 heavy (non-hydrogen) atoms. The van der Waals surface area contributed by atoms with Crippen LogP contribution in [-0.4, -0.2) is 44.8 Å². The molecule has 1 saturated heterocycles. The van der Waals surface area contributed by atoms with Gasteiger partial charge in [-0.05, 0) is 31.0 Å². The van der Waals surface area contributed by atoms with Crippen LogP contribution < -0.4 is 5.32 Å². The van der Waals surface area contributed by atoms with Crippen LogP contribution in [-0.2, 0) is 11.2 Å². The van der Waals surface area contributed by atoms with Crippen molar-refractivity contribution in [3.63, 3.8) is 0 Å². The van der Waals surface area contributed by atoms with E-state index in [1.807, 2.05) is 7.05 Å². The van der Waals surface area contributed by atoms with Gasteiger partial charge in [-0.15, -0.1) is 0 Å². The second kappa shape index (κ2) is 7.63. The SMILES string of the molecule is CCc1ccc(C(CN2CCCOCC2)NC)cc1. The molecule has 0 bridgehead atoms. The molecule has 1 aromatic carbocycles. The topological polar surface area (TPSA) is 24.5 Å². The van der Waals surface area contributed by atoms with Gasteiger partial charge in [0.1, 0.15) is 0 Å². The molecule has 1 fully saturated rings. The number of aryl methyl sites for hydroxylation is 1. The van der Waals surface area contributed by atoms with Crippen LogP contribution >= 0.6 is 0 Å². The Labute approximate surface area is 116 Å². The van der Waals surface area contributed by atoms with E-state index in [-0.39, 0.29) is 0 Å². The number of likely N-dealkylation sites (N-methyl/N-ethyl adjacent to an activating group) is 1. The third-order valence-electron chi connectivity index (χ3n) is 3.89. The molecule has 3 nitrogen and oxygen atoms in total. The number of hydrogen-bond acceptors (Lipinski definition) is 3. The largest absolute Gasteiger partial charge is 0.380 e. The average molecular weight is 262 g/mol. The summed E-state index contributed by atoms with van der Waals surface area (Å²) in [6, 6.07) is 9.41. The summed E-state index contributed by atoms with van der Waals surface area (Å²) in [5.74, 6) is 0. The lowest BCUT2D eigenvalue weighted by Crippen LogP contribution is -2.35. The maximum atomic E-state index is 5.51. The zero-order valence-corrected chi connectivity index (χ0v) is 12.2. The molecule has 1 aliphatic rings. The van der Waals surface area contributed by atoms with Crippen LogP contribution in [0.4, 0.5) is 0 Å². The Kier molecular flexibility index (Phi) is 5.83. The molecule has 1 unspecified atom stereocenters. The predicted molar refractivity (Wildman–Crippen MR) is 79.5 cm³/mol. The number of nitrogens with zero attached hydrogens (tertiary/aromatic N) is 1. The minimum Gasteiger partial charge on any atom is -0.380 e. The zero-order chi connectivity index (χ0) is 13.5. The lowest BCUT2D eigenvalue weighted by Gasteiger charge is -2.26. The molecule has 0 amide bonds. The third-order valence-corrected chi connectivity index (χ3v) is 3.89. The van der Waals surface area contributed by atoms with E-state index in [0.29, 0.717) is 6.04 Å². The van der Waals surface area contributed by atoms with Gasteiger partial charge >= 0.3 is 0 Å². The lowest BCUT2D eigenvalue weighted by atomic mass is 10.0. The van der Waals surface area contributed by atoms with Gasteiger partial charge in [0.05, 0.1) is 6.61 Å². The first-order valence-corrected chi connectivity index (χ1v) is 7.39. The van der Waals surface area contributed by atoms with E-state index in [4.69, 9.17) is 4.74 Å². The molecule has 1 N–H and O–H groups in total. The standard InChI is InChI=1S/C16H26N2O/c1-3-14-5-7-15(8-6-14)16(17-2)13-18-9-4-11-19-12-10-18/h5-8,16-17H,3-4,9-13H2,1-2H3. The smallest absolute Gasteiger partial charge is 0.0593 e. The van der Waals surface area contributed by atoms with Crippen molar-refractivity contribution in [3.8, 4) is 0 Å². The monoisotopic (exact) mass is 262 g/mol. The summed E-state index contributed by atoms with van der Waals surface area (Å²) < 4.78 is 5.51. The number of hydrogen-bond donors (Lipinski definition) is 1. The molecular formula is C16H26N2O. The number of rotatable bonds is 5. The second-order valence-electron chi connectivity index (χ2n) is 5.20. The van der Waals surface area contributed by atoms with Crippen molar-refractivity contribution in [1.82, 2.24) is 10.2 Å². The quantitative estimate of drug-likeness (QED) is 0.880. The molecule has 0 aromatic heterocycles. The van der Waals surface area contributed by atoms with Crippen molar-refractivity contribution in [2.75, 3.05) is 39.9 Å². The minimum atomic E-state index is 0.406. The molecule has 2 rings (SSSR count). The van der Waals surface area contributed by atoms with Crippen LogP contribution in [0, 0.1) is 0 Å². The Morgan fingerprint density at radius 3 is 2.68 bits per heavy atom. The molecular weight excluding hydrogens is 236 g/mol. The fourth-order valence-electron chi connectivity index (χ4n) is 2.59. The Morgan fingerprint density at radius 1 is 1.21 bits per heavy atom. The number of benzene rings is 1. The normalized spacial score (nSPS) is 19.1. The number of ether oxygens (including phenoxy) is 1. The summed E-state index contributed by atoms with van der Waals surface area (Å²) in [6.07, 6.45) is 2.25. The number of nitrogens with one attached hydrogen (secondary N) is 1. The van der Waals surface area contributed by atoms with Crippen LogP contribution in [0.3, 0.4) is 0 Å². The summed E-state index contributed by atoms with van der Waals surface area (Å²) in [6.45, 7) is 7.22. The van der Waals surface area contributed by atoms with E-state index in [9.17, 15) is 0 Å². The average Bonchev–Trinajstić information content (AvgIpc) is 2.73. The van der Waals surface area contributed by atoms with Crippen molar-refractivity contribution < 1.29 is 4.74 Å². The van der Waals surface area contributed by atoms with Gasteiger partial charge in [0.15, 0.2) is 0 Å². The molecule has 0 saturated carbocycles. The Hall–Kier alpha value is -0.900. The molecule has 0 radical (unpaired) electrons. The van der Waals surface area contributed by atoms with Crippen LogP contribution in [0.1, 0.15) is 30.5 Å². The molecule has 1 atom stereocenters. The summed E-state index contributed by atoms with van der Waals surface area (Å²) in [5.41, 5.74) is 2.78. The van der Waals surface area contributed by atoms with E-state index < -0.39 is 0 Å². The van der Waals surface area contributed by atoms with Crippen molar-refractivity contribution >= 4 is 0 Å². The van der Waals surface area contributed by atoms with Crippen molar-refractivity contribution in [2.45, 2.75) is 25.8 Å². The molecule has 1 heterocycles. The molecule has 0 spiro atoms. The fourth-order valence-corrected chi connectivity index (χ4v) is 2.59. The van der Waals surface area contributed by atoms with E-state index in [1.165, 1.54) is 11.1 Å². The highest BCUT2D eigenvalue weighted by Gasteiger charge is 2.16. The summed E-state index contributed by atoms with van der Waals surface area (Å²) in [7, 11) is 2.05. The Bertz CT molecular complexity index is 356. The summed E-state index contributed by atoms with van der Waals surface area (Å²) >= 11 is 0.